The summed E-state index contributed by atoms with van der Waals surface area (Å²) >= 11 is 0. The molecule has 3 unspecified atom stereocenters. The van der Waals surface area contributed by atoms with Crippen LogP contribution < -0.4 is 0 Å². The molecule has 0 spiro atoms. The smallest absolute Gasteiger partial charge is 0.392 e. The fourth-order valence-electron chi connectivity index (χ4n) is 8.34. The molecule has 180 valence electrons. The summed E-state index contributed by atoms with van der Waals surface area (Å²) in [6.07, 6.45) is 3.71. The molecule has 3 nitrogen and oxygen atoms in total. The third-order valence-corrected chi connectivity index (χ3v) is 10.0. The lowest BCUT2D eigenvalue weighted by molar-refractivity contribution is -0.140. The number of hydrogen-bond acceptors (Lipinski definition) is 2. The van der Waals surface area contributed by atoms with Gasteiger partial charge in [-0.1, -0.05) is 38.1 Å². The zero-order chi connectivity index (χ0) is 23.8. The SMILES string of the molecule is CN1C(=O)C=C[C@@]2(C)C1CC[C@@H]1[C@H]2CC[C@]2(C)C(O)C(Cc3ccccc3C(F)(F)F)C[C@@H]12. The largest absolute Gasteiger partial charge is 0.416 e. The maximum atomic E-state index is 13.6. The monoisotopic (exact) mass is 461 g/mol. The summed E-state index contributed by atoms with van der Waals surface area (Å²) in [5.41, 5.74) is -0.636. The third-order valence-electron chi connectivity index (χ3n) is 10.0. The Balaban J connectivity index is 1.42. The minimum atomic E-state index is -4.38. The van der Waals surface area contributed by atoms with Gasteiger partial charge >= 0.3 is 6.18 Å². The van der Waals surface area contributed by atoms with Crippen molar-refractivity contribution in [1.82, 2.24) is 4.90 Å². The van der Waals surface area contributed by atoms with Gasteiger partial charge in [0.2, 0.25) is 5.91 Å². The summed E-state index contributed by atoms with van der Waals surface area (Å²) in [5.74, 6) is 1.04. The highest BCUT2D eigenvalue weighted by Crippen LogP contribution is 2.65. The molecule has 1 aromatic carbocycles. The molecule has 3 fully saturated rings. The van der Waals surface area contributed by atoms with Crippen LogP contribution in [0.4, 0.5) is 13.2 Å². The van der Waals surface area contributed by atoms with Crippen molar-refractivity contribution >= 4 is 5.91 Å². The van der Waals surface area contributed by atoms with Crippen LogP contribution in [0.1, 0.15) is 57.1 Å². The van der Waals surface area contributed by atoms with E-state index in [2.05, 4.69) is 19.9 Å². The van der Waals surface area contributed by atoms with Crippen molar-refractivity contribution in [3.05, 3.63) is 47.5 Å². The zero-order valence-electron chi connectivity index (χ0n) is 19.6. The first-order valence-corrected chi connectivity index (χ1v) is 12.3. The summed E-state index contributed by atoms with van der Waals surface area (Å²) in [4.78, 5) is 14.2. The molecule has 3 aliphatic carbocycles. The molecule has 1 N–H and O–H groups in total. The number of halogens is 3. The number of alkyl halides is 3. The third kappa shape index (κ3) is 3.38. The van der Waals surface area contributed by atoms with Gasteiger partial charge in [-0.05, 0) is 85.3 Å². The van der Waals surface area contributed by atoms with Crippen molar-refractivity contribution in [3.63, 3.8) is 0 Å². The van der Waals surface area contributed by atoms with Crippen molar-refractivity contribution in [3.8, 4) is 0 Å². The van der Waals surface area contributed by atoms with Crippen LogP contribution >= 0.6 is 0 Å². The van der Waals surface area contributed by atoms with Crippen LogP contribution in [0.3, 0.4) is 0 Å². The summed E-state index contributed by atoms with van der Waals surface area (Å²) in [6, 6.07) is 6.00. The highest BCUT2D eigenvalue weighted by atomic mass is 19.4. The molecule has 33 heavy (non-hydrogen) atoms. The lowest BCUT2D eigenvalue weighted by Crippen LogP contribution is -2.59. The normalized spacial score (nSPS) is 42.6. The Bertz CT molecular complexity index is 974. The minimum absolute atomic E-state index is 0.0660. The maximum Gasteiger partial charge on any atom is 0.416 e. The second-order valence-electron chi connectivity index (χ2n) is 11.5. The van der Waals surface area contributed by atoms with Gasteiger partial charge in [-0.15, -0.1) is 0 Å². The van der Waals surface area contributed by atoms with E-state index >= 15 is 0 Å². The van der Waals surface area contributed by atoms with Crippen LogP contribution in [-0.4, -0.2) is 35.1 Å². The van der Waals surface area contributed by atoms with E-state index < -0.39 is 17.8 Å². The molecule has 5 rings (SSSR count). The second-order valence-corrected chi connectivity index (χ2v) is 11.5. The van der Waals surface area contributed by atoms with Gasteiger partial charge in [-0.2, -0.15) is 13.2 Å². The van der Waals surface area contributed by atoms with Gasteiger partial charge in [0.25, 0.3) is 0 Å². The molecule has 1 amide bonds. The lowest BCUT2D eigenvalue weighted by atomic mass is 9.48. The number of aliphatic hydroxyl groups is 1. The molecule has 1 heterocycles. The maximum absolute atomic E-state index is 13.6. The van der Waals surface area contributed by atoms with Crippen molar-refractivity contribution in [2.45, 2.75) is 70.7 Å². The van der Waals surface area contributed by atoms with E-state index in [0.717, 1.165) is 38.2 Å². The second kappa shape index (κ2) is 7.59. The number of aliphatic hydroxyl groups excluding tert-OH is 1. The summed E-state index contributed by atoms with van der Waals surface area (Å²) in [6.45, 7) is 4.44. The fraction of sp³-hybridized carbons (Fsp3) is 0.667. The number of amides is 1. The number of hydrogen-bond donors (Lipinski definition) is 1. The average molecular weight is 462 g/mol. The van der Waals surface area contributed by atoms with Crippen LogP contribution in [0.15, 0.2) is 36.4 Å². The topological polar surface area (TPSA) is 40.5 Å². The molecular weight excluding hydrogens is 427 g/mol. The first kappa shape index (κ1) is 22.9. The predicted octanol–water partition coefficient (Wildman–Crippen LogP) is 5.47. The van der Waals surface area contributed by atoms with Gasteiger partial charge in [0.15, 0.2) is 0 Å². The zero-order valence-corrected chi connectivity index (χ0v) is 19.6. The molecular formula is C27H34F3NO2. The highest BCUT2D eigenvalue weighted by molar-refractivity contribution is 5.89. The van der Waals surface area contributed by atoms with Gasteiger partial charge in [-0.3, -0.25) is 4.79 Å². The number of benzene rings is 1. The molecule has 1 aromatic rings. The van der Waals surface area contributed by atoms with Gasteiger partial charge in [-0.25, -0.2) is 0 Å². The summed E-state index contributed by atoms with van der Waals surface area (Å²) in [5, 5.41) is 11.4. The lowest BCUT2D eigenvalue weighted by Gasteiger charge is -2.60. The summed E-state index contributed by atoms with van der Waals surface area (Å²) < 4.78 is 40.7. The van der Waals surface area contributed by atoms with Crippen LogP contribution in [0.5, 0.6) is 0 Å². The number of nitrogens with zero attached hydrogens (tertiary/aromatic N) is 1. The minimum Gasteiger partial charge on any atom is -0.392 e. The number of fused-ring (bicyclic) bond motifs is 5. The Kier molecular flexibility index (Phi) is 5.28. The fourth-order valence-corrected chi connectivity index (χ4v) is 8.34. The van der Waals surface area contributed by atoms with E-state index in [1.54, 1.807) is 18.2 Å². The molecule has 0 bridgehead atoms. The van der Waals surface area contributed by atoms with Crippen molar-refractivity contribution < 1.29 is 23.1 Å². The number of carbonyl (C=O) groups is 1. The van der Waals surface area contributed by atoms with E-state index in [9.17, 15) is 23.1 Å². The van der Waals surface area contributed by atoms with E-state index in [1.807, 2.05) is 11.9 Å². The van der Waals surface area contributed by atoms with E-state index in [0.29, 0.717) is 23.3 Å². The predicted molar refractivity (Wildman–Crippen MR) is 120 cm³/mol. The van der Waals surface area contributed by atoms with Gasteiger partial charge in [0.05, 0.1) is 11.7 Å². The molecule has 0 saturated heterocycles. The highest BCUT2D eigenvalue weighted by Gasteiger charge is 2.62. The van der Waals surface area contributed by atoms with Gasteiger partial charge < -0.3 is 10.0 Å². The van der Waals surface area contributed by atoms with Crippen LogP contribution in [0, 0.1) is 34.5 Å². The van der Waals surface area contributed by atoms with Gasteiger partial charge in [0.1, 0.15) is 0 Å². The molecule has 0 aromatic heterocycles. The quantitative estimate of drug-likeness (QED) is 0.634. The van der Waals surface area contributed by atoms with E-state index in [1.165, 1.54) is 6.07 Å². The molecule has 0 radical (unpaired) electrons. The number of likely N-dealkylation sites (N-methyl/N-ethyl adjacent to an activating group) is 1. The van der Waals surface area contributed by atoms with Crippen LogP contribution in [0.2, 0.25) is 0 Å². The average Bonchev–Trinajstić information content (AvgIpc) is 3.01. The summed E-state index contributed by atoms with van der Waals surface area (Å²) in [7, 11) is 1.90. The van der Waals surface area contributed by atoms with Crippen molar-refractivity contribution in [2.24, 2.45) is 34.5 Å². The van der Waals surface area contributed by atoms with Crippen LogP contribution in [0.25, 0.3) is 0 Å². The Labute approximate surface area is 194 Å². The Hall–Kier alpha value is -1.82. The molecule has 6 heteroatoms. The Morgan fingerprint density at radius 3 is 2.58 bits per heavy atom. The standard InChI is InChI=1S/C27H34F3NO2/c1-25-13-11-23(32)31(3)22(25)9-8-18-20(25)10-12-26(2)21(18)15-17(24(26)33)14-16-6-4-5-7-19(16)27(28,29)30/h4-7,11,13,17-18,20-22,24,33H,8-10,12,14-15H2,1-3H3/t17?,18-,20-,21+,22?,24?,25-,26+/m1/s1. The van der Waals surface area contributed by atoms with Crippen molar-refractivity contribution in [1.29, 1.82) is 0 Å². The van der Waals surface area contributed by atoms with E-state index in [4.69, 9.17) is 0 Å². The molecule has 3 saturated carbocycles. The molecule has 8 atom stereocenters. The molecule has 4 aliphatic rings. The number of rotatable bonds is 2. The first-order valence-electron chi connectivity index (χ1n) is 12.3. The first-order chi connectivity index (χ1) is 15.5. The molecule has 1 aliphatic heterocycles. The van der Waals surface area contributed by atoms with Gasteiger partial charge in [0, 0.05) is 18.5 Å². The van der Waals surface area contributed by atoms with E-state index in [-0.39, 0.29) is 35.1 Å². The number of carbonyl (C=O) groups excluding carboxylic acids is 1. The van der Waals surface area contributed by atoms with Crippen molar-refractivity contribution in [2.75, 3.05) is 7.05 Å². The Morgan fingerprint density at radius 1 is 1.12 bits per heavy atom. The Morgan fingerprint density at radius 2 is 1.85 bits per heavy atom. The van der Waals surface area contributed by atoms with Crippen LogP contribution in [-0.2, 0) is 17.4 Å².